The van der Waals surface area contributed by atoms with E-state index in [0.717, 1.165) is 0 Å². The van der Waals surface area contributed by atoms with E-state index in [1.165, 1.54) is 35.1 Å². The van der Waals surface area contributed by atoms with Gasteiger partial charge in [0.25, 0.3) is 0 Å². The van der Waals surface area contributed by atoms with Crippen molar-refractivity contribution in [3.8, 4) is 0 Å². The third kappa shape index (κ3) is 1.94. The zero-order valence-corrected chi connectivity index (χ0v) is 8.74. The van der Waals surface area contributed by atoms with Gasteiger partial charge in [0, 0.05) is 0 Å². The Bertz CT molecular complexity index is 331. The zero-order valence-electron chi connectivity index (χ0n) is 6.58. The highest BCUT2D eigenvalue weighted by Crippen LogP contribution is 2.24. The molecule has 0 aliphatic rings. The summed E-state index contributed by atoms with van der Waals surface area (Å²) in [5, 5.41) is 0. The summed E-state index contributed by atoms with van der Waals surface area (Å²) in [6, 6.07) is 2.85. The van der Waals surface area contributed by atoms with Gasteiger partial charge in [0.05, 0.1) is 22.6 Å². The molecule has 0 atom stereocenters. The van der Waals surface area contributed by atoms with Gasteiger partial charge in [0.2, 0.25) is 0 Å². The number of anilines is 3. The van der Waals surface area contributed by atoms with Gasteiger partial charge in [-0.05, 0) is 12.1 Å². The van der Waals surface area contributed by atoms with Gasteiger partial charge in [-0.15, -0.1) is 0 Å². The van der Waals surface area contributed by atoms with Crippen LogP contribution in [0.3, 0.4) is 0 Å². The minimum atomic E-state index is -0.501. The quantitative estimate of drug-likeness (QED) is 0.528. The molecule has 0 fully saturated rings. The van der Waals surface area contributed by atoms with Crippen molar-refractivity contribution in [2.45, 2.75) is 0 Å². The van der Waals surface area contributed by atoms with Crippen LogP contribution in [0.25, 0.3) is 0 Å². The van der Waals surface area contributed by atoms with E-state index in [2.05, 4.69) is 3.07 Å². The Kier molecular flexibility index (Phi) is 2.81. The molecule has 0 amide bonds. The number of nitrogen functional groups attached to an aromatic ring is 3. The molecule has 0 saturated heterocycles. The Hall–Kier alpha value is -1.18. The fraction of sp³-hybridized carbons (Fsp3) is 0. The summed E-state index contributed by atoms with van der Waals surface area (Å²) in [6.07, 6.45) is 0. The van der Waals surface area contributed by atoms with Crippen LogP contribution in [-0.4, -0.2) is 5.97 Å². The monoisotopic (exact) mass is 293 g/mol. The van der Waals surface area contributed by atoms with E-state index in [1.807, 2.05) is 0 Å². The normalized spacial score (nSPS) is 9.62. The van der Waals surface area contributed by atoms with Crippen LogP contribution in [0.2, 0.25) is 0 Å². The lowest BCUT2D eigenvalue weighted by atomic mass is 10.1. The first kappa shape index (κ1) is 9.90. The van der Waals surface area contributed by atoms with E-state index in [9.17, 15) is 4.79 Å². The van der Waals surface area contributed by atoms with Gasteiger partial charge in [0.1, 0.15) is 0 Å². The predicted octanol–water partition coefficient (Wildman–Crippen LogP) is 0.940. The highest BCUT2D eigenvalue weighted by atomic mass is 127. The molecule has 0 spiro atoms. The first-order valence-corrected chi connectivity index (χ1v) is 4.21. The molecule has 0 bridgehead atoms. The van der Waals surface area contributed by atoms with Gasteiger partial charge < -0.3 is 20.3 Å². The summed E-state index contributed by atoms with van der Waals surface area (Å²) in [7, 11) is 0. The summed E-state index contributed by atoms with van der Waals surface area (Å²) < 4.78 is 4.47. The Morgan fingerprint density at radius 1 is 1.23 bits per heavy atom. The Morgan fingerprint density at radius 3 is 2.08 bits per heavy atom. The fourth-order valence-corrected chi connectivity index (χ4v) is 1.12. The molecule has 5 nitrogen and oxygen atoms in total. The van der Waals surface area contributed by atoms with Crippen molar-refractivity contribution in [3.63, 3.8) is 0 Å². The second-order valence-electron chi connectivity index (χ2n) is 2.43. The predicted molar refractivity (Wildman–Crippen MR) is 59.1 cm³/mol. The van der Waals surface area contributed by atoms with Crippen LogP contribution in [0.15, 0.2) is 12.1 Å². The zero-order chi connectivity index (χ0) is 10.0. The van der Waals surface area contributed by atoms with Gasteiger partial charge in [0.15, 0.2) is 23.0 Å². The number of rotatable bonds is 1. The molecule has 0 aliphatic carbocycles. The Labute approximate surface area is 88.9 Å². The number of hydrogen-bond acceptors (Lipinski definition) is 5. The highest BCUT2D eigenvalue weighted by molar-refractivity contribution is 14.1. The molecule has 0 unspecified atom stereocenters. The Balaban J connectivity index is 3.20. The summed E-state index contributed by atoms with van der Waals surface area (Å²) in [5.41, 5.74) is 17.6. The molecular weight excluding hydrogens is 285 g/mol. The number of benzene rings is 1. The van der Waals surface area contributed by atoms with E-state index in [4.69, 9.17) is 17.2 Å². The molecule has 1 rings (SSSR count). The lowest BCUT2D eigenvalue weighted by Crippen LogP contribution is -2.05. The van der Waals surface area contributed by atoms with Crippen LogP contribution >= 0.6 is 23.0 Å². The summed E-state index contributed by atoms with van der Waals surface area (Å²) in [6.45, 7) is 0. The van der Waals surface area contributed by atoms with Crippen LogP contribution in [0.1, 0.15) is 10.4 Å². The lowest BCUT2D eigenvalue weighted by Gasteiger charge is -2.05. The van der Waals surface area contributed by atoms with E-state index >= 15 is 0 Å². The summed E-state index contributed by atoms with van der Waals surface area (Å²) in [5.74, 6) is -0.501. The number of carbonyl (C=O) groups is 1. The molecule has 0 heterocycles. The molecule has 1 aromatic rings. The van der Waals surface area contributed by atoms with Crippen LogP contribution < -0.4 is 17.2 Å². The average molecular weight is 293 g/mol. The summed E-state index contributed by atoms with van der Waals surface area (Å²) in [4.78, 5) is 11.0. The molecular formula is C7H8IN3O2. The average Bonchev–Trinajstić information content (AvgIpc) is 2.12. The SMILES string of the molecule is Nc1cc(C(=O)OI)cc(N)c1N. The largest absolute Gasteiger partial charge is 0.397 e. The van der Waals surface area contributed by atoms with Crippen molar-refractivity contribution in [3.05, 3.63) is 17.7 Å². The second kappa shape index (κ2) is 3.69. The van der Waals surface area contributed by atoms with Crippen molar-refractivity contribution in [2.24, 2.45) is 0 Å². The minimum absolute atomic E-state index is 0.275. The van der Waals surface area contributed by atoms with E-state index in [-0.39, 0.29) is 17.1 Å². The smallest absolute Gasteiger partial charge is 0.347 e. The van der Waals surface area contributed by atoms with E-state index in [1.54, 1.807) is 0 Å². The van der Waals surface area contributed by atoms with Gasteiger partial charge >= 0.3 is 5.97 Å². The molecule has 70 valence electrons. The van der Waals surface area contributed by atoms with Gasteiger partial charge in [-0.1, -0.05) is 0 Å². The third-order valence-electron chi connectivity index (χ3n) is 1.55. The van der Waals surface area contributed by atoms with Crippen molar-refractivity contribution in [1.29, 1.82) is 0 Å². The van der Waals surface area contributed by atoms with Crippen LogP contribution in [0.4, 0.5) is 17.1 Å². The highest BCUT2D eigenvalue weighted by Gasteiger charge is 2.10. The first-order chi connectivity index (χ1) is 6.06. The molecule has 13 heavy (non-hydrogen) atoms. The molecule has 1 aromatic carbocycles. The van der Waals surface area contributed by atoms with Gasteiger partial charge in [-0.2, -0.15) is 0 Å². The van der Waals surface area contributed by atoms with E-state index in [0.29, 0.717) is 5.56 Å². The lowest BCUT2D eigenvalue weighted by molar-refractivity contribution is 0.0800. The standard InChI is InChI=1S/C7H8IN3O2/c8-13-7(12)3-1-4(9)6(11)5(10)2-3/h1-2H,9-11H2. The second-order valence-corrected chi connectivity index (χ2v) is 2.87. The molecule has 0 aliphatic heterocycles. The van der Waals surface area contributed by atoms with E-state index < -0.39 is 5.97 Å². The van der Waals surface area contributed by atoms with Crippen LogP contribution in [0, 0.1) is 0 Å². The van der Waals surface area contributed by atoms with Crippen LogP contribution in [0.5, 0.6) is 0 Å². The maximum absolute atomic E-state index is 11.0. The third-order valence-corrected chi connectivity index (χ3v) is 1.95. The molecule has 6 heteroatoms. The van der Waals surface area contributed by atoms with Crippen molar-refractivity contribution in [2.75, 3.05) is 17.2 Å². The summed E-state index contributed by atoms with van der Waals surface area (Å²) >= 11 is 1.49. The number of halogens is 1. The van der Waals surface area contributed by atoms with Crippen molar-refractivity contribution >= 4 is 46.0 Å². The molecule has 0 radical (unpaired) electrons. The number of nitrogens with two attached hydrogens (primary N) is 3. The first-order valence-electron chi connectivity index (χ1n) is 3.33. The van der Waals surface area contributed by atoms with Crippen molar-refractivity contribution < 1.29 is 7.86 Å². The van der Waals surface area contributed by atoms with Crippen LogP contribution in [-0.2, 0) is 3.07 Å². The fourth-order valence-electron chi connectivity index (χ4n) is 0.861. The van der Waals surface area contributed by atoms with Gasteiger partial charge in [-0.3, -0.25) is 0 Å². The van der Waals surface area contributed by atoms with Gasteiger partial charge in [-0.25, -0.2) is 4.79 Å². The maximum Gasteiger partial charge on any atom is 0.347 e. The Morgan fingerprint density at radius 2 is 1.69 bits per heavy atom. The number of carbonyl (C=O) groups excluding carboxylic acids is 1. The molecule has 0 aromatic heterocycles. The topological polar surface area (TPSA) is 104 Å². The maximum atomic E-state index is 11.0. The molecule has 6 N–H and O–H groups in total. The van der Waals surface area contributed by atoms with Crippen molar-refractivity contribution in [1.82, 2.24) is 0 Å². The minimum Gasteiger partial charge on any atom is -0.397 e. The molecule has 0 saturated carbocycles. The number of hydrogen-bond donors (Lipinski definition) is 3.